The van der Waals surface area contributed by atoms with Gasteiger partial charge in [0.1, 0.15) is 0 Å². The average Bonchev–Trinajstić information content (AvgIpc) is 2.52. The molecule has 78 valence electrons. The van der Waals surface area contributed by atoms with Gasteiger partial charge in [0, 0.05) is 25.0 Å². The topological polar surface area (TPSA) is 29.9 Å². The van der Waals surface area contributed by atoms with E-state index in [0.717, 1.165) is 5.95 Å². The standard InChI is InChI=1S/C11H19N3/c1-11(6-4-3-5-7-11)13-10-12-8-9-14(10)2/h8-9H,3-7H2,1-2H3,(H,12,13). The van der Waals surface area contributed by atoms with Crippen molar-refractivity contribution in [1.29, 1.82) is 0 Å². The zero-order valence-electron chi connectivity index (χ0n) is 9.08. The Kier molecular flexibility index (Phi) is 2.48. The highest BCUT2D eigenvalue weighted by Crippen LogP contribution is 2.30. The zero-order chi connectivity index (χ0) is 10.0. The lowest BCUT2D eigenvalue weighted by Gasteiger charge is -2.34. The smallest absolute Gasteiger partial charge is 0.202 e. The van der Waals surface area contributed by atoms with Gasteiger partial charge in [0.15, 0.2) is 0 Å². The van der Waals surface area contributed by atoms with E-state index in [1.807, 2.05) is 24.0 Å². The number of aryl methyl sites for hydroxylation is 1. The van der Waals surface area contributed by atoms with Gasteiger partial charge in [-0.3, -0.25) is 0 Å². The summed E-state index contributed by atoms with van der Waals surface area (Å²) in [6.45, 7) is 2.31. The molecular weight excluding hydrogens is 174 g/mol. The van der Waals surface area contributed by atoms with E-state index in [2.05, 4.69) is 17.2 Å². The third-order valence-electron chi connectivity index (χ3n) is 3.19. The van der Waals surface area contributed by atoms with Crippen LogP contribution in [-0.2, 0) is 7.05 Å². The second-order valence-corrected chi connectivity index (χ2v) is 4.61. The summed E-state index contributed by atoms with van der Waals surface area (Å²) in [6, 6.07) is 0. The van der Waals surface area contributed by atoms with Crippen molar-refractivity contribution in [3.05, 3.63) is 12.4 Å². The van der Waals surface area contributed by atoms with Crippen LogP contribution in [0, 0.1) is 0 Å². The van der Waals surface area contributed by atoms with E-state index >= 15 is 0 Å². The second-order valence-electron chi connectivity index (χ2n) is 4.61. The highest BCUT2D eigenvalue weighted by molar-refractivity contribution is 5.30. The average molecular weight is 193 g/mol. The number of nitrogens with zero attached hydrogens (tertiary/aromatic N) is 2. The predicted molar refractivity (Wildman–Crippen MR) is 58.3 cm³/mol. The van der Waals surface area contributed by atoms with Crippen LogP contribution in [-0.4, -0.2) is 15.1 Å². The maximum atomic E-state index is 4.31. The first-order valence-electron chi connectivity index (χ1n) is 5.45. The number of hydrogen-bond donors (Lipinski definition) is 1. The fourth-order valence-corrected chi connectivity index (χ4v) is 2.21. The Morgan fingerprint density at radius 2 is 2.07 bits per heavy atom. The number of imidazole rings is 1. The molecule has 0 unspecified atom stereocenters. The Bertz CT molecular complexity index is 297. The van der Waals surface area contributed by atoms with Crippen LogP contribution in [0.3, 0.4) is 0 Å². The number of nitrogens with one attached hydrogen (secondary N) is 1. The molecule has 14 heavy (non-hydrogen) atoms. The predicted octanol–water partition coefficient (Wildman–Crippen LogP) is 2.55. The van der Waals surface area contributed by atoms with E-state index in [0.29, 0.717) is 0 Å². The van der Waals surface area contributed by atoms with Gasteiger partial charge < -0.3 is 9.88 Å². The van der Waals surface area contributed by atoms with Gasteiger partial charge in [0.05, 0.1) is 0 Å². The van der Waals surface area contributed by atoms with Crippen molar-refractivity contribution >= 4 is 5.95 Å². The SMILES string of the molecule is Cn1ccnc1NC1(C)CCCCC1. The van der Waals surface area contributed by atoms with Crippen molar-refractivity contribution < 1.29 is 0 Å². The summed E-state index contributed by atoms with van der Waals surface area (Å²) in [5.74, 6) is 0.995. The Hall–Kier alpha value is -0.990. The van der Waals surface area contributed by atoms with Crippen molar-refractivity contribution in [3.8, 4) is 0 Å². The quantitative estimate of drug-likeness (QED) is 0.782. The van der Waals surface area contributed by atoms with Crippen LogP contribution in [0.2, 0.25) is 0 Å². The lowest BCUT2D eigenvalue weighted by Crippen LogP contribution is -2.37. The van der Waals surface area contributed by atoms with Gasteiger partial charge in [-0.2, -0.15) is 0 Å². The first-order chi connectivity index (χ1) is 6.70. The molecule has 1 fully saturated rings. The van der Waals surface area contributed by atoms with E-state index in [1.54, 1.807) is 0 Å². The van der Waals surface area contributed by atoms with Gasteiger partial charge in [-0.1, -0.05) is 19.3 Å². The minimum absolute atomic E-state index is 0.261. The fraction of sp³-hybridized carbons (Fsp3) is 0.727. The highest BCUT2D eigenvalue weighted by Gasteiger charge is 2.27. The maximum Gasteiger partial charge on any atom is 0.202 e. The zero-order valence-corrected chi connectivity index (χ0v) is 9.08. The molecule has 0 bridgehead atoms. The van der Waals surface area contributed by atoms with Crippen LogP contribution in [0.1, 0.15) is 39.0 Å². The molecule has 1 aliphatic carbocycles. The monoisotopic (exact) mass is 193 g/mol. The normalized spacial score (nSPS) is 20.7. The van der Waals surface area contributed by atoms with Crippen LogP contribution < -0.4 is 5.32 Å². The summed E-state index contributed by atoms with van der Waals surface area (Å²) in [7, 11) is 2.03. The Labute approximate surface area is 85.5 Å². The minimum atomic E-state index is 0.261. The summed E-state index contributed by atoms with van der Waals surface area (Å²) < 4.78 is 2.04. The van der Waals surface area contributed by atoms with E-state index in [4.69, 9.17) is 0 Å². The first kappa shape index (κ1) is 9.56. The molecule has 1 aromatic heterocycles. The molecule has 1 saturated carbocycles. The first-order valence-corrected chi connectivity index (χ1v) is 5.45. The molecule has 3 heteroatoms. The summed E-state index contributed by atoms with van der Waals surface area (Å²) >= 11 is 0. The second kappa shape index (κ2) is 3.64. The Balaban J connectivity index is 2.05. The molecule has 2 rings (SSSR count). The molecule has 1 aliphatic rings. The third kappa shape index (κ3) is 1.91. The Morgan fingerprint density at radius 3 is 2.64 bits per heavy atom. The number of anilines is 1. The van der Waals surface area contributed by atoms with Crippen LogP contribution in [0.15, 0.2) is 12.4 Å². The molecule has 0 radical (unpaired) electrons. The lowest BCUT2D eigenvalue weighted by molar-refractivity contribution is 0.347. The van der Waals surface area contributed by atoms with E-state index < -0.39 is 0 Å². The molecule has 1 aromatic rings. The highest BCUT2D eigenvalue weighted by atomic mass is 15.2. The van der Waals surface area contributed by atoms with E-state index in [9.17, 15) is 0 Å². The van der Waals surface area contributed by atoms with Gasteiger partial charge in [-0.25, -0.2) is 4.98 Å². The molecule has 0 amide bonds. The lowest BCUT2D eigenvalue weighted by atomic mass is 9.83. The molecule has 0 saturated heterocycles. The van der Waals surface area contributed by atoms with Gasteiger partial charge in [-0.05, 0) is 19.8 Å². The fourth-order valence-electron chi connectivity index (χ4n) is 2.21. The molecule has 0 spiro atoms. The van der Waals surface area contributed by atoms with Crippen molar-refractivity contribution in [2.45, 2.75) is 44.6 Å². The summed E-state index contributed by atoms with van der Waals surface area (Å²) in [4.78, 5) is 4.31. The van der Waals surface area contributed by atoms with E-state index in [-0.39, 0.29) is 5.54 Å². The van der Waals surface area contributed by atoms with Crippen molar-refractivity contribution in [2.75, 3.05) is 5.32 Å². The van der Waals surface area contributed by atoms with Crippen LogP contribution in [0.4, 0.5) is 5.95 Å². The van der Waals surface area contributed by atoms with Gasteiger partial charge in [0.2, 0.25) is 5.95 Å². The van der Waals surface area contributed by atoms with Crippen molar-refractivity contribution in [3.63, 3.8) is 0 Å². The van der Waals surface area contributed by atoms with Crippen LogP contribution >= 0.6 is 0 Å². The van der Waals surface area contributed by atoms with Crippen molar-refractivity contribution in [1.82, 2.24) is 9.55 Å². The molecule has 1 heterocycles. The number of hydrogen-bond acceptors (Lipinski definition) is 2. The molecular formula is C11H19N3. The third-order valence-corrected chi connectivity index (χ3v) is 3.19. The summed E-state index contributed by atoms with van der Waals surface area (Å²) in [5.41, 5.74) is 0.261. The number of aromatic nitrogens is 2. The molecule has 0 atom stereocenters. The molecule has 1 N–H and O–H groups in total. The maximum absolute atomic E-state index is 4.31. The van der Waals surface area contributed by atoms with Crippen LogP contribution in [0.5, 0.6) is 0 Å². The number of rotatable bonds is 2. The summed E-state index contributed by atoms with van der Waals surface area (Å²) in [6.07, 6.45) is 10.4. The Morgan fingerprint density at radius 1 is 1.36 bits per heavy atom. The largest absolute Gasteiger partial charge is 0.351 e. The van der Waals surface area contributed by atoms with Gasteiger partial charge in [-0.15, -0.1) is 0 Å². The van der Waals surface area contributed by atoms with Crippen molar-refractivity contribution in [2.24, 2.45) is 7.05 Å². The summed E-state index contributed by atoms with van der Waals surface area (Å²) in [5, 5.41) is 3.56. The van der Waals surface area contributed by atoms with Gasteiger partial charge in [0.25, 0.3) is 0 Å². The van der Waals surface area contributed by atoms with Gasteiger partial charge >= 0.3 is 0 Å². The van der Waals surface area contributed by atoms with E-state index in [1.165, 1.54) is 32.1 Å². The molecule has 3 nitrogen and oxygen atoms in total. The van der Waals surface area contributed by atoms with Crippen LogP contribution in [0.25, 0.3) is 0 Å². The molecule has 0 aliphatic heterocycles. The minimum Gasteiger partial charge on any atom is -0.351 e. The molecule has 0 aromatic carbocycles.